The summed E-state index contributed by atoms with van der Waals surface area (Å²) in [6.45, 7) is 3.74. The van der Waals surface area contributed by atoms with E-state index in [0.29, 0.717) is 17.4 Å². The average molecular weight is 231 g/mol. The Hall–Kier alpha value is -1.77. The molecule has 90 valence electrons. The molecule has 0 saturated heterocycles. The summed E-state index contributed by atoms with van der Waals surface area (Å²) in [4.78, 5) is 14.1. The van der Waals surface area contributed by atoms with Gasteiger partial charge in [-0.15, -0.1) is 0 Å². The number of nitrogens with zero attached hydrogens (tertiary/aromatic N) is 1. The maximum absolute atomic E-state index is 12.3. The van der Waals surface area contributed by atoms with Crippen molar-refractivity contribution in [2.24, 2.45) is 0 Å². The Morgan fingerprint density at radius 2 is 2.24 bits per heavy atom. The van der Waals surface area contributed by atoms with E-state index in [-0.39, 0.29) is 5.91 Å². The molecule has 1 fully saturated rings. The van der Waals surface area contributed by atoms with Crippen LogP contribution in [0.3, 0.4) is 0 Å². The fourth-order valence-corrected chi connectivity index (χ4v) is 1.84. The first-order valence-corrected chi connectivity index (χ1v) is 5.75. The van der Waals surface area contributed by atoms with Gasteiger partial charge in [-0.3, -0.25) is 4.79 Å². The number of rotatable bonds is 4. The molecule has 1 aliphatic rings. The van der Waals surface area contributed by atoms with Crippen molar-refractivity contribution in [2.45, 2.75) is 18.9 Å². The third-order valence-electron chi connectivity index (χ3n) is 3.13. The Morgan fingerprint density at radius 3 is 2.76 bits per heavy atom. The van der Waals surface area contributed by atoms with Crippen LogP contribution in [-0.4, -0.2) is 31.0 Å². The summed E-state index contributed by atoms with van der Waals surface area (Å²) < 4.78 is 5.16. The molecule has 0 radical (unpaired) electrons. The minimum absolute atomic E-state index is 0.0429. The second-order valence-electron chi connectivity index (χ2n) is 4.30. The van der Waals surface area contributed by atoms with Gasteiger partial charge in [0, 0.05) is 13.1 Å². The second-order valence-corrected chi connectivity index (χ2v) is 4.30. The summed E-state index contributed by atoms with van der Waals surface area (Å²) in [5, 5.41) is 0. The van der Waals surface area contributed by atoms with E-state index in [1.807, 2.05) is 24.1 Å². The van der Waals surface area contributed by atoms with E-state index >= 15 is 0 Å². The molecular weight excluding hydrogens is 214 g/mol. The number of carbonyl (C=O) groups excluding carboxylic acids is 1. The predicted molar refractivity (Wildman–Crippen MR) is 68.2 cm³/mol. The lowest BCUT2D eigenvalue weighted by atomic mass is 10.1. The van der Waals surface area contributed by atoms with Crippen molar-refractivity contribution in [1.82, 2.24) is 4.90 Å². The molecule has 3 heteroatoms. The van der Waals surface area contributed by atoms with Gasteiger partial charge in [0.15, 0.2) is 0 Å². The second kappa shape index (κ2) is 4.62. The van der Waals surface area contributed by atoms with E-state index in [0.717, 1.165) is 18.4 Å². The highest BCUT2D eigenvalue weighted by Crippen LogP contribution is 2.28. The van der Waals surface area contributed by atoms with E-state index in [4.69, 9.17) is 4.74 Å². The normalized spacial score (nSPS) is 14.2. The molecule has 1 saturated carbocycles. The maximum Gasteiger partial charge on any atom is 0.254 e. The Morgan fingerprint density at radius 1 is 1.53 bits per heavy atom. The van der Waals surface area contributed by atoms with Crippen LogP contribution < -0.4 is 4.74 Å². The topological polar surface area (TPSA) is 29.5 Å². The van der Waals surface area contributed by atoms with E-state index in [1.165, 1.54) is 0 Å². The average Bonchev–Trinajstić information content (AvgIpc) is 3.20. The molecule has 1 aromatic rings. The SMILES string of the molecule is C=Cc1ccc(OC)cc1C(=O)N(C)C1CC1. The van der Waals surface area contributed by atoms with Crippen LogP contribution in [0.15, 0.2) is 24.8 Å². The first kappa shape index (κ1) is 11.7. The minimum atomic E-state index is 0.0429. The van der Waals surface area contributed by atoms with Crippen LogP contribution in [0.5, 0.6) is 5.75 Å². The Kier molecular flexibility index (Phi) is 3.18. The lowest BCUT2D eigenvalue weighted by Crippen LogP contribution is -2.29. The molecule has 0 bridgehead atoms. The van der Waals surface area contributed by atoms with E-state index in [9.17, 15) is 4.79 Å². The largest absolute Gasteiger partial charge is 0.497 e. The van der Waals surface area contributed by atoms with Crippen molar-refractivity contribution >= 4 is 12.0 Å². The summed E-state index contributed by atoms with van der Waals surface area (Å²) in [6.07, 6.45) is 3.92. The van der Waals surface area contributed by atoms with Gasteiger partial charge in [0.05, 0.1) is 12.7 Å². The summed E-state index contributed by atoms with van der Waals surface area (Å²) in [5.74, 6) is 0.740. The zero-order valence-electron chi connectivity index (χ0n) is 10.3. The molecule has 0 spiro atoms. The van der Waals surface area contributed by atoms with Gasteiger partial charge < -0.3 is 9.64 Å². The number of carbonyl (C=O) groups is 1. The Bertz CT molecular complexity index is 450. The van der Waals surface area contributed by atoms with Crippen LogP contribution in [0.25, 0.3) is 6.08 Å². The van der Waals surface area contributed by atoms with Crippen molar-refractivity contribution in [1.29, 1.82) is 0 Å². The van der Waals surface area contributed by atoms with Gasteiger partial charge in [0.25, 0.3) is 5.91 Å². The van der Waals surface area contributed by atoms with E-state index in [2.05, 4.69) is 6.58 Å². The van der Waals surface area contributed by atoms with Gasteiger partial charge in [0.1, 0.15) is 5.75 Å². The van der Waals surface area contributed by atoms with Gasteiger partial charge >= 0.3 is 0 Å². The maximum atomic E-state index is 12.3. The fraction of sp³-hybridized carbons (Fsp3) is 0.357. The fourth-order valence-electron chi connectivity index (χ4n) is 1.84. The molecule has 0 N–H and O–H groups in total. The summed E-state index contributed by atoms with van der Waals surface area (Å²) >= 11 is 0. The summed E-state index contributed by atoms with van der Waals surface area (Å²) in [7, 11) is 3.45. The molecule has 0 heterocycles. The number of benzene rings is 1. The van der Waals surface area contributed by atoms with Crippen molar-refractivity contribution in [2.75, 3.05) is 14.2 Å². The predicted octanol–water partition coefficient (Wildman–Crippen LogP) is 2.57. The van der Waals surface area contributed by atoms with Crippen molar-refractivity contribution in [3.8, 4) is 5.75 Å². The highest BCUT2D eigenvalue weighted by Gasteiger charge is 2.30. The first-order chi connectivity index (χ1) is 8.17. The zero-order valence-corrected chi connectivity index (χ0v) is 10.3. The first-order valence-electron chi connectivity index (χ1n) is 5.75. The summed E-state index contributed by atoms with van der Waals surface area (Å²) in [6, 6.07) is 5.88. The quantitative estimate of drug-likeness (QED) is 0.797. The number of amides is 1. The highest BCUT2D eigenvalue weighted by atomic mass is 16.5. The minimum Gasteiger partial charge on any atom is -0.497 e. The van der Waals surface area contributed by atoms with Crippen LogP contribution >= 0.6 is 0 Å². The Balaban J connectivity index is 2.33. The number of ether oxygens (including phenoxy) is 1. The molecule has 0 aromatic heterocycles. The van der Waals surface area contributed by atoms with Crippen LogP contribution in [0.4, 0.5) is 0 Å². The van der Waals surface area contributed by atoms with Gasteiger partial charge in [-0.2, -0.15) is 0 Å². The lowest BCUT2D eigenvalue weighted by Gasteiger charge is -2.18. The molecule has 1 aromatic carbocycles. The van der Waals surface area contributed by atoms with E-state index < -0.39 is 0 Å². The standard InChI is InChI=1S/C14H17NO2/c1-4-10-5-8-12(17-3)9-13(10)14(16)15(2)11-6-7-11/h4-5,8-9,11H,1,6-7H2,2-3H3. The molecule has 1 amide bonds. The number of methoxy groups -OCH3 is 1. The Labute approximate surface area is 102 Å². The molecule has 0 unspecified atom stereocenters. The smallest absolute Gasteiger partial charge is 0.254 e. The van der Waals surface area contributed by atoms with Crippen molar-refractivity contribution < 1.29 is 9.53 Å². The highest BCUT2D eigenvalue weighted by molar-refractivity contribution is 5.98. The third-order valence-corrected chi connectivity index (χ3v) is 3.13. The monoisotopic (exact) mass is 231 g/mol. The van der Waals surface area contributed by atoms with Crippen LogP contribution in [-0.2, 0) is 0 Å². The molecule has 17 heavy (non-hydrogen) atoms. The van der Waals surface area contributed by atoms with Crippen molar-refractivity contribution in [3.63, 3.8) is 0 Å². The molecule has 3 nitrogen and oxygen atoms in total. The molecule has 2 rings (SSSR count). The molecular formula is C14H17NO2. The van der Waals surface area contributed by atoms with Crippen LogP contribution in [0, 0.1) is 0 Å². The van der Waals surface area contributed by atoms with Crippen molar-refractivity contribution in [3.05, 3.63) is 35.9 Å². The van der Waals surface area contributed by atoms with Gasteiger partial charge in [0.2, 0.25) is 0 Å². The van der Waals surface area contributed by atoms with Gasteiger partial charge in [-0.25, -0.2) is 0 Å². The zero-order chi connectivity index (χ0) is 12.4. The molecule has 0 atom stereocenters. The van der Waals surface area contributed by atoms with E-state index in [1.54, 1.807) is 19.3 Å². The van der Waals surface area contributed by atoms with Gasteiger partial charge in [-0.1, -0.05) is 18.7 Å². The number of hydrogen-bond donors (Lipinski definition) is 0. The number of hydrogen-bond acceptors (Lipinski definition) is 2. The molecule has 0 aliphatic heterocycles. The van der Waals surface area contributed by atoms with Gasteiger partial charge in [-0.05, 0) is 30.5 Å². The third kappa shape index (κ3) is 2.33. The van der Waals surface area contributed by atoms with Crippen LogP contribution in [0.1, 0.15) is 28.8 Å². The van der Waals surface area contributed by atoms with Crippen LogP contribution in [0.2, 0.25) is 0 Å². The lowest BCUT2D eigenvalue weighted by molar-refractivity contribution is 0.0784. The molecule has 1 aliphatic carbocycles. The summed E-state index contributed by atoms with van der Waals surface area (Å²) in [5.41, 5.74) is 1.51.